The Hall–Kier alpha value is -8.14. The van der Waals surface area contributed by atoms with Crippen molar-refractivity contribution in [3.05, 3.63) is 224 Å². The van der Waals surface area contributed by atoms with Crippen LogP contribution < -0.4 is 4.90 Å². The van der Waals surface area contributed by atoms with Gasteiger partial charge in [0.2, 0.25) is 0 Å². The summed E-state index contributed by atoms with van der Waals surface area (Å²) in [4.78, 5) is 2.34. The fourth-order valence-electron chi connectivity index (χ4n) is 9.01. The Balaban J connectivity index is 0.910. The number of hydrogen-bond acceptors (Lipinski definition) is 3. The van der Waals surface area contributed by atoms with Crippen molar-refractivity contribution in [1.82, 2.24) is 0 Å². The van der Waals surface area contributed by atoms with Gasteiger partial charge in [0, 0.05) is 27.5 Å². The molecule has 0 atom stereocenters. The molecule has 0 amide bonds. The van der Waals surface area contributed by atoms with Gasteiger partial charge in [0.1, 0.15) is 22.3 Å². The van der Waals surface area contributed by atoms with Crippen molar-refractivity contribution >= 4 is 71.7 Å². The summed E-state index contributed by atoms with van der Waals surface area (Å²) in [5, 5.41) is 6.94. The van der Waals surface area contributed by atoms with Gasteiger partial charge in [0.15, 0.2) is 0 Å². The topological polar surface area (TPSA) is 29.5 Å². The van der Waals surface area contributed by atoms with Crippen molar-refractivity contribution in [2.24, 2.45) is 0 Å². The van der Waals surface area contributed by atoms with E-state index in [1.807, 2.05) is 24.3 Å². The molecule has 2 heterocycles. The first-order valence-corrected chi connectivity index (χ1v) is 20.7. The lowest BCUT2D eigenvalue weighted by molar-refractivity contribution is 0.668. The molecular formula is C58H37NO2. The fourth-order valence-corrected chi connectivity index (χ4v) is 9.01. The fraction of sp³-hybridized carbons (Fsp3) is 0. The molecule has 0 saturated heterocycles. The molecule has 0 aliphatic heterocycles. The summed E-state index contributed by atoms with van der Waals surface area (Å²) in [6.45, 7) is 0. The molecule has 0 bridgehead atoms. The number of para-hydroxylation sites is 2. The third-order valence-corrected chi connectivity index (χ3v) is 12.1. The van der Waals surface area contributed by atoms with Crippen LogP contribution >= 0.6 is 0 Å². The summed E-state index contributed by atoms with van der Waals surface area (Å²) >= 11 is 0. The van der Waals surface area contributed by atoms with Crippen LogP contribution in [-0.2, 0) is 0 Å². The van der Waals surface area contributed by atoms with E-state index < -0.39 is 0 Å². The second-order valence-electron chi connectivity index (χ2n) is 15.7. The monoisotopic (exact) mass is 779 g/mol. The summed E-state index contributed by atoms with van der Waals surface area (Å²) in [7, 11) is 0. The Labute approximate surface area is 353 Å². The molecule has 0 spiro atoms. The lowest BCUT2D eigenvalue weighted by atomic mass is 9.95. The Morgan fingerprint density at radius 1 is 0.262 bits per heavy atom. The van der Waals surface area contributed by atoms with E-state index in [0.29, 0.717) is 0 Å². The van der Waals surface area contributed by atoms with Gasteiger partial charge >= 0.3 is 0 Å². The normalized spacial score (nSPS) is 11.6. The molecule has 2 aromatic heterocycles. The maximum atomic E-state index is 6.39. The molecule has 61 heavy (non-hydrogen) atoms. The Bertz CT molecular complexity index is 3590. The third kappa shape index (κ3) is 6.14. The molecular weight excluding hydrogens is 743 g/mol. The van der Waals surface area contributed by atoms with Crippen LogP contribution in [0.1, 0.15) is 0 Å². The summed E-state index contributed by atoms with van der Waals surface area (Å²) in [6, 6.07) is 80.0. The van der Waals surface area contributed by atoms with Gasteiger partial charge in [-0.15, -0.1) is 0 Å². The van der Waals surface area contributed by atoms with Gasteiger partial charge in [-0.05, 0) is 134 Å². The minimum atomic E-state index is 0.859. The lowest BCUT2D eigenvalue weighted by Gasteiger charge is -2.26. The van der Waals surface area contributed by atoms with Crippen molar-refractivity contribution < 1.29 is 8.83 Å². The van der Waals surface area contributed by atoms with E-state index in [0.717, 1.165) is 77.6 Å². The average molecular weight is 780 g/mol. The van der Waals surface area contributed by atoms with Crippen LogP contribution in [0.3, 0.4) is 0 Å². The van der Waals surface area contributed by atoms with Crippen molar-refractivity contribution in [2.45, 2.75) is 0 Å². The van der Waals surface area contributed by atoms with Gasteiger partial charge in [-0.25, -0.2) is 0 Å². The van der Waals surface area contributed by atoms with Crippen LogP contribution in [0.2, 0.25) is 0 Å². The number of nitrogens with zero attached hydrogens (tertiary/aromatic N) is 1. The largest absolute Gasteiger partial charge is 0.456 e. The first kappa shape index (κ1) is 34.9. The van der Waals surface area contributed by atoms with Crippen molar-refractivity contribution in [1.29, 1.82) is 0 Å². The highest BCUT2D eigenvalue weighted by Crippen LogP contribution is 2.44. The van der Waals surface area contributed by atoms with E-state index in [1.54, 1.807) is 0 Å². The predicted molar refractivity (Wildman–Crippen MR) is 255 cm³/mol. The Kier molecular flexibility index (Phi) is 8.17. The van der Waals surface area contributed by atoms with Crippen molar-refractivity contribution in [3.8, 4) is 44.5 Å². The Morgan fingerprint density at radius 3 is 1.41 bits per heavy atom. The second-order valence-corrected chi connectivity index (χ2v) is 15.7. The number of fused-ring (bicyclic) bond motifs is 7. The van der Waals surface area contributed by atoms with Crippen LogP contribution in [0.5, 0.6) is 0 Å². The van der Waals surface area contributed by atoms with E-state index in [-0.39, 0.29) is 0 Å². The third-order valence-electron chi connectivity index (χ3n) is 12.1. The van der Waals surface area contributed by atoms with Crippen LogP contribution in [-0.4, -0.2) is 0 Å². The SMILES string of the molecule is c1cc(-c2ccc(N(c3ccc(-c4ccc5c(c4)oc4ccccc45)cc3)c3cccc4oc5ccccc5c34)cc2)cc(-c2cccc(-c3ccc4ccccc4c3)c2)c1. The molecule has 10 aromatic carbocycles. The highest BCUT2D eigenvalue weighted by Gasteiger charge is 2.20. The first-order valence-electron chi connectivity index (χ1n) is 20.7. The van der Waals surface area contributed by atoms with E-state index in [9.17, 15) is 0 Å². The molecule has 0 N–H and O–H groups in total. The number of rotatable bonds is 7. The molecule has 286 valence electrons. The number of anilines is 3. The molecule has 0 saturated carbocycles. The van der Waals surface area contributed by atoms with Gasteiger partial charge in [-0.1, -0.05) is 146 Å². The van der Waals surface area contributed by atoms with Gasteiger partial charge in [0.05, 0.1) is 11.1 Å². The predicted octanol–water partition coefficient (Wildman–Crippen LogP) is 16.8. The molecule has 0 aliphatic rings. The summed E-state index contributed by atoms with van der Waals surface area (Å²) in [5.41, 5.74) is 16.0. The molecule has 0 aliphatic carbocycles. The molecule has 12 rings (SSSR count). The Morgan fingerprint density at radius 2 is 0.721 bits per heavy atom. The van der Waals surface area contributed by atoms with Crippen LogP contribution in [0, 0.1) is 0 Å². The maximum Gasteiger partial charge on any atom is 0.137 e. The number of furan rings is 2. The summed E-state index contributed by atoms with van der Waals surface area (Å²) in [6.07, 6.45) is 0. The van der Waals surface area contributed by atoms with Crippen LogP contribution in [0.15, 0.2) is 233 Å². The van der Waals surface area contributed by atoms with Crippen LogP contribution in [0.4, 0.5) is 17.1 Å². The second kappa shape index (κ2) is 14.3. The summed E-state index contributed by atoms with van der Waals surface area (Å²) in [5.74, 6) is 0. The number of hydrogen-bond donors (Lipinski definition) is 0. The standard InChI is InChI=1S/C58H37NO2/c1-2-11-41-35-46(23-22-38(41)10-1)45-15-8-14-44(36-45)43-13-7-12-42(34-43)39-24-29-48(30-25-39)59(53-18-9-21-56-58(53)52-17-4-6-20-55(52)60-56)49-31-26-40(27-32-49)47-28-33-51-50-16-3-5-19-54(50)61-57(51)37-47/h1-37H. The molecule has 3 nitrogen and oxygen atoms in total. The zero-order valence-corrected chi connectivity index (χ0v) is 33.1. The minimum Gasteiger partial charge on any atom is -0.456 e. The molecule has 12 aromatic rings. The highest BCUT2D eigenvalue weighted by atomic mass is 16.3. The first-order chi connectivity index (χ1) is 30.2. The quantitative estimate of drug-likeness (QED) is 0.161. The summed E-state index contributed by atoms with van der Waals surface area (Å²) < 4.78 is 12.6. The molecule has 0 radical (unpaired) electrons. The van der Waals surface area contributed by atoms with Gasteiger partial charge in [0.25, 0.3) is 0 Å². The maximum absolute atomic E-state index is 6.39. The van der Waals surface area contributed by atoms with Gasteiger partial charge < -0.3 is 13.7 Å². The van der Waals surface area contributed by atoms with Crippen molar-refractivity contribution in [3.63, 3.8) is 0 Å². The van der Waals surface area contributed by atoms with E-state index in [4.69, 9.17) is 8.83 Å². The molecule has 0 unspecified atom stereocenters. The van der Waals surface area contributed by atoms with E-state index in [2.05, 4.69) is 205 Å². The zero-order valence-electron chi connectivity index (χ0n) is 33.1. The lowest BCUT2D eigenvalue weighted by Crippen LogP contribution is -2.10. The zero-order chi connectivity index (χ0) is 40.3. The smallest absolute Gasteiger partial charge is 0.137 e. The minimum absolute atomic E-state index is 0.859. The van der Waals surface area contributed by atoms with E-state index in [1.165, 1.54) is 38.6 Å². The average Bonchev–Trinajstić information content (AvgIpc) is 3.91. The van der Waals surface area contributed by atoms with Gasteiger partial charge in [-0.3, -0.25) is 0 Å². The highest BCUT2D eigenvalue weighted by molar-refractivity contribution is 6.13. The molecule has 3 heteroatoms. The van der Waals surface area contributed by atoms with Crippen molar-refractivity contribution in [2.75, 3.05) is 4.90 Å². The van der Waals surface area contributed by atoms with E-state index >= 15 is 0 Å². The van der Waals surface area contributed by atoms with Gasteiger partial charge in [-0.2, -0.15) is 0 Å². The van der Waals surface area contributed by atoms with Crippen LogP contribution in [0.25, 0.3) is 99.2 Å². The molecule has 0 fully saturated rings. The number of benzene rings is 10.